The number of aromatic carboxylic acids is 1. The highest BCUT2D eigenvalue weighted by Gasteiger charge is 2.28. The topological polar surface area (TPSA) is 93.4 Å². The smallest absolute Gasteiger partial charge is 0.375 e. The van der Waals surface area contributed by atoms with Crippen LogP contribution in [0.2, 0.25) is 0 Å². The largest absolute Gasteiger partial charge is 0.497 e. The molecule has 8 nitrogen and oxygen atoms in total. The highest BCUT2D eigenvalue weighted by molar-refractivity contribution is 5.83. The summed E-state index contributed by atoms with van der Waals surface area (Å²) in [4.78, 5) is 21.7. The second kappa shape index (κ2) is 5.34. The van der Waals surface area contributed by atoms with E-state index in [1.54, 1.807) is 19.4 Å². The zero-order chi connectivity index (χ0) is 16.7. The number of ether oxygens (including phenoxy) is 1. The average Bonchev–Trinajstić information content (AvgIpc) is 3.06. The highest BCUT2D eigenvalue weighted by atomic mass is 16.5. The van der Waals surface area contributed by atoms with E-state index in [-0.39, 0.29) is 5.82 Å². The number of anilines is 2. The third kappa shape index (κ3) is 2.16. The Labute approximate surface area is 137 Å². The van der Waals surface area contributed by atoms with E-state index in [1.807, 2.05) is 35.2 Å². The molecular formula is C16H13N5O3. The molecule has 3 heterocycles. The van der Waals surface area contributed by atoms with Gasteiger partial charge in [-0.1, -0.05) is 0 Å². The maximum Gasteiger partial charge on any atom is 0.375 e. The molecule has 1 aliphatic rings. The van der Waals surface area contributed by atoms with Gasteiger partial charge in [0, 0.05) is 11.9 Å². The number of methoxy groups -OCH3 is 1. The van der Waals surface area contributed by atoms with Crippen molar-refractivity contribution in [2.24, 2.45) is 0 Å². The zero-order valence-electron chi connectivity index (χ0n) is 12.7. The van der Waals surface area contributed by atoms with E-state index >= 15 is 0 Å². The predicted octanol–water partition coefficient (Wildman–Crippen LogP) is 2.02. The molecule has 2 aromatic heterocycles. The van der Waals surface area contributed by atoms with Crippen molar-refractivity contribution in [3.8, 4) is 11.4 Å². The van der Waals surface area contributed by atoms with Gasteiger partial charge in [0.15, 0.2) is 11.6 Å². The third-order valence-corrected chi connectivity index (χ3v) is 3.80. The monoisotopic (exact) mass is 323 g/mol. The molecular weight excluding hydrogens is 310 g/mol. The number of benzene rings is 1. The standard InChI is InChI=1S/C16H13N5O3/c1-24-11-6-4-10(5-7-11)20-9-13-18-14(16(22)23)19-21(13)12-3-2-8-17-15(12)20/h2-8H,9H2,1H3,(H,22,23). The number of hydrogen-bond acceptors (Lipinski definition) is 6. The van der Waals surface area contributed by atoms with Crippen molar-refractivity contribution in [1.29, 1.82) is 0 Å². The lowest BCUT2D eigenvalue weighted by Crippen LogP contribution is -2.27. The van der Waals surface area contributed by atoms with Gasteiger partial charge in [0.2, 0.25) is 0 Å². The van der Waals surface area contributed by atoms with Crippen LogP contribution in [0.1, 0.15) is 16.4 Å². The first-order valence-electron chi connectivity index (χ1n) is 7.23. The minimum atomic E-state index is -1.15. The molecule has 0 radical (unpaired) electrons. The fraction of sp³-hybridized carbons (Fsp3) is 0.125. The summed E-state index contributed by atoms with van der Waals surface area (Å²) >= 11 is 0. The predicted molar refractivity (Wildman–Crippen MR) is 85.0 cm³/mol. The van der Waals surface area contributed by atoms with Crippen LogP contribution >= 0.6 is 0 Å². The van der Waals surface area contributed by atoms with Crippen molar-refractivity contribution in [3.05, 3.63) is 54.2 Å². The van der Waals surface area contributed by atoms with Gasteiger partial charge in [-0.05, 0) is 36.4 Å². The lowest BCUT2D eigenvalue weighted by Gasteiger charge is -2.29. The molecule has 1 aliphatic heterocycles. The van der Waals surface area contributed by atoms with Crippen LogP contribution in [-0.4, -0.2) is 37.9 Å². The van der Waals surface area contributed by atoms with Gasteiger partial charge in [0.1, 0.15) is 11.4 Å². The molecule has 4 rings (SSSR count). The maximum absolute atomic E-state index is 11.2. The summed E-state index contributed by atoms with van der Waals surface area (Å²) in [5.74, 6) is 0.615. The van der Waals surface area contributed by atoms with Crippen LogP contribution in [0.4, 0.5) is 11.5 Å². The SMILES string of the molecule is COc1ccc(N2Cc3nc(C(=O)O)nn3-c3cccnc32)cc1. The Hall–Kier alpha value is -3.42. The number of carboxylic acid groups (broad SMARTS) is 1. The van der Waals surface area contributed by atoms with Crippen LogP contribution < -0.4 is 9.64 Å². The Morgan fingerprint density at radius 1 is 1.25 bits per heavy atom. The van der Waals surface area contributed by atoms with E-state index in [0.717, 1.165) is 11.4 Å². The highest BCUT2D eigenvalue weighted by Crippen LogP contribution is 2.35. The normalized spacial score (nSPS) is 12.5. The van der Waals surface area contributed by atoms with Crippen LogP contribution in [0, 0.1) is 0 Å². The molecule has 0 atom stereocenters. The number of carbonyl (C=O) groups is 1. The van der Waals surface area contributed by atoms with Gasteiger partial charge in [-0.3, -0.25) is 0 Å². The van der Waals surface area contributed by atoms with E-state index in [1.165, 1.54) is 4.68 Å². The van der Waals surface area contributed by atoms with Crippen molar-refractivity contribution >= 4 is 17.5 Å². The quantitative estimate of drug-likeness (QED) is 0.788. The van der Waals surface area contributed by atoms with Crippen molar-refractivity contribution in [2.75, 3.05) is 12.0 Å². The summed E-state index contributed by atoms with van der Waals surface area (Å²) < 4.78 is 6.72. The van der Waals surface area contributed by atoms with Gasteiger partial charge in [-0.25, -0.2) is 19.4 Å². The van der Waals surface area contributed by atoms with E-state index in [0.29, 0.717) is 23.9 Å². The minimum absolute atomic E-state index is 0.226. The molecule has 3 aromatic rings. The Morgan fingerprint density at radius 3 is 2.75 bits per heavy atom. The molecule has 24 heavy (non-hydrogen) atoms. The van der Waals surface area contributed by atoms with E-state index in [2.05, 4.69) is 15.1 Å². The van der Waals surface area contributed by atoms with Gasteiger partial charge in [-0.15, -0.1) is 5.10 Å². The number of aromatic nitrogens is 4. The molecule has 0 unspecified atom stereocenters. The van der Waals surface area contributed by atoms with E-state index in [9.17, 15) is 4.79 Å². The zero-order valence-corrected chi connectivity index (χ0v) is 12.7. The summed E-state index contributed by atoms with van der Waals surface area (Å²) in [7, 11) is 1.61. The van der Waals surface area contributed by atoms with Gasteiger partial charge >= 0.3 is 5.97 Å². The van der Waals surface area contributed by atoms with Crippen LogP contribution in [0.3, 0.4) is 0 Å². The van der Waals surface area contributed by atoms with E-state index in [4.69, 9.17) is 9.84 Å². The number of nitrogens with zero attached hydrogens (tertiary/aromatic N) is 5. The lowest BCUT2D eigenvalue weighted by atomic mass is 10.2. The maximum atomic E-state index is 11.2. The van der Waals surface area contributed by atoms with Crippen molar-refractivity contribution in [2.45, 2.75) is 6.54 Å². The molecule has 8 heteroatoms. The number of pyridine rings is 1. The molecule has 0 fully saturated rings. The Bertz CT molecular complexity index is 920. The molecule has 1 aromatic carbocycles. The van der Waals surface area contributed by atoms with E-state index < -0.39 is 5.97 Å². The molecule has 1 N–H and O–H groups in total. The molecule has 0 spiro atoms. The van der Waals surface area contributed by atoms with Gasteiger partial charge in [-0.2, -0.15) is 0 Å². The average molecular weight is 323 g/mol. The summed E-state index contributed by atoms with van der Waals surface area (Å²) in [6, 6.07) is 11.2. The molecule has 0 amide bonds. The fourth-order valence-electron chi connectivity index (χ4n) is 2.68. The Morgan fingerprint density at radius 2 is 2.04 bits per heavy atom. The minimum Gasteiger partial charge on any atom is -0.497 e. The first kappa shape index (κ1) is 14.2. The van der Waals surface area contributed by atoms with Crippen molar-refractivity contribution in [3.63, 3.8) is 0 Å². The third-order valence-electron chi connectivity index (χ3n) is 3.80. The summed E-state index contributed by atoms with van der Waals surface area (Å²) in [5.41, 5.74) is 1.59. The molecule has 0 bridgehead atoms. The Balaban J connectivity index is 1.83. The van der Waals surface area contributed by atoms with Crippen LogP contribution in [0.15, 0.2) is 42.6 Å². The second-order valence-corrected chi connectivity index (χ2v) is 5.20. The van der Waals surface area contributed by atoms with Gasteiger partial charge in [0.05, 0.1) is 13.7 Å². The molecule has 0 saturated carbocycles. The van der Waals surface area contributed by atoms with Gasteiger partial charge in [0.25, 0.3) is 5.82 Å². The number of carboxylic acids is 1. The van der Waals surface area contributed by atoms with Crippen LogP contribution in [-0.2, 0) is 6.54 Å². The summed E-state index contributed by atoms with van der Waals surface area (Å²) in [6.45, 7) is 0.372. The summed E-state index contributed by atoms with van der Waals surface area (Å²) in [6.07, 6.45) is 1.69. The van der Waals surface area contributed by atoms with Gasteiger partial charge < -0.3 is 14.7 Å². The molecule has 120 valence electrons. The number of fused-ring (bicyclic) bond motifs is 3. The van der Waals surface area contributed by atoms with Crippen LogP contribution in [0.5, 0.6) is 5.75 Å². The van der Waals surface area contributed by atoms with Crippen molar-refractivity contribution in [1.82, 2.24) is 19.7 Å². The number of rotatable bonds is 3. The first-order chi connectivity index (χ1) is 11.7. The summed E-state index contributed by atoms with van der Waals surface area (Å²) in [5, 5.41) is 13.2. The van der Waals surface area contributed by atoms with Crippen molar-refractivity contribution < 1.29 is 14.6 Å². The Kier molecular flexibility index (Phi) is 3.16. The molecule has 0 aliphatic carbocycles. The first-order valence-corrected chi connectivity index (χ1v) is 7.23. The second-order valence-electron chi connectivity index (χ2n) is 5.20. The number of hydrogen-bond donors (Lipinski definition) is 1. The fourth-order valence-corrected chi connectivity index (χ4v) is 2.68. The van der Waals surface area contributed by atoms with Crippen LogP contribution in [0.25, 0.3) is 5.69 Å². The molecule has 0 saturated heterocycles. The lowest BCUT2D eigenvalue weighted by molar-refractivity contribution is 0.0683.